The maximum absolute atomic E-state index is 9.30. The monoisotopic (exact) mass is 230 g/mol. The first-order valence-electron chi connectivity index (χ1n) is 5.80. The molecule has 0 unspecified atom stereocenters. The molecule has 0 fully saturated rings. The third kappa shape index (κ3) is 2.62. The van der Waals surface area contributed by atoms with Crippen LogP contribution in [0.25, 0.3) is 0 Å². The zero-order valence-electron chi connectivity index (χ0n) is 10.7. The number of nitrogens with zero attached hydrogens (tertiary/aromatic N) is 4. The maximum atomic E-state index is 9.30. The van der Waals surface area contributed by atoms with Crippen molar-refractivity contribution in [3.8, 4) is 6.07 Å². The van der Waals surface area contributed by atoms with Crippen molar-refractivity contribution in [2.45, 2.75) is 26.7 Å². The molecule has 1 heterocycles. The molecule has 0 aliphatic heterocycles. The van der Waals surface area contributed by atoms with Crippen LogP contribution in [0.5, 0.6) is 0 Å². The van der Waals surface area contributed by atoms with Crippen LogP contribution in [-0.2, 0) is 12.8 Å². The highest BCUT2D eigenvalue weighted by Gasteiger charge is 2.16. The number of hydrogen-bond donors (Lipinski definition) is 0. The third-order valence-electron chi connectivity index (χ3n) is 2.70. The van der Waals surface area contributed by atoms with Gasteiger partial charge < -0.3 is 4.90 Å². The lowest BCUT2D eigenvalue weighted by molar-refractivity contribution is 0.844. The van der Waals surface area contributed by atoms with Gasteiger partial charge in [-0.1, -0.05) is 19.9 Å². The number of rotatable bonds is 5. The fourth-order valence-corrected chi connectivity index (χ4v) is 1.83. The van der Waals surface area contributed by atoms with Gasteiger partial charge in [0, 0.05) is 13.6 Å². The maximum Gasteiger partial charge on any atom is 0.169 e. The largest absolute Gasteiger partial charge is 0.353 e. The number of likely N-dealkylation sites (N-methyl/N-ethyl adjacent to an activating group) is 1. The number of nitriles is 1. The molecule has 0 radical (unpaired) electrons. The van der Waals surface area contributed by atoms with Gasteiger partial charge in [-0.2, -0.15) is 10.4 Å². The van der Waals surface area contributed by atoms with E-state index >= 15 is 0 Å². The molecule has 1 rings (SSSR count). The molecule has 1 aromatic rings. The van der Waals surface area contributed by atoms with Crippen molar-refractivity contribution in [1.82, 2.24) is 10.2 Å². The van der Waals surface area contributed by atoms with Gasteiger partial charge in [0.1, 0.15) is 11.6 Å². The van der Waals surface area contributed by atoms with E-state index in [4.69, 9.17) is 0 Å². The van der Waals surface area contributed by atoms with Crippen LogP contribution >= 0.6 is 0 Å². The highest BCUT2D eigenvalue weighted by molar-refractivity contribution is 5.57. The second-order valence-electron chi connectivity index (χ2n) is 3.81. The Balaban J connectivity index is 3.33. The van der Waals surface area contributed by atoms with Crippen molar-refractivity contribution in [3.63, 3.8) is 0 Å². The van der Waals surface area contributed by atoms with Crippen LogP contribution in [0, 0.1) is 11.3 Å². The Labute approximate surface area is 103 Å². The average Bonchev–Trinajstić information content (AvgIpc) is 2.36. The molecule has 0 aliphatic rings. The molecule has 0 amide bonds. The normalized spacial score (nSPS) is 9.76. The van der Waals surface area contributed by atoms with E-state index in [1.165, 1.54) is 0 Å². The van der Waals surface area contributed by atoms with E-state index in [0.29, 0.717) is 17.9 Å². The summed E-state index contributed by atoms with van der Waals surface area (Å²) < 4.78 is 0. The summed E-state index contributed by atoms with van der Waals surface area (Å²) in [5.41, 5.74) is 2.57. The molecule has 90 valence electrons. The van der Waals surface area contributed by atoms with E-state index < -0.39 is 0 Å². The molecule has 0 spiro atoms. The lowest BCUT2D eigenvalue weighted by atomic mass is 10.0. The van der Waals surface area contributed by atoms with Gasteiger partial charge >= 0.3 is 0 Å². The summed E-state index contributed by atoms with van der Waals surface area (Å²) in [7, 11) is 1.89. The molecule has 0 bridgehead atoms. The summed E-state index contributed by atoms with van der Waals surface area (Å²) in [6.07, 6.45) is 3.38. The van der Waals surface area contributed by atoms with E-state index in [1.807, 2.05) is 25.8 Å². The number of anilines is 1. The van der Waals surface area contributed by atoms with Gasteiger partial charge in [0.25, 0.3) is 0 Å². The number of hydrogen-bond acceptors (Lipinski definition) is 4. The Kier molecular flexibility index (Phi) is 4.65. The van der Waals surface area contributed by atoms with Gasteiger partial charge in [0.05, 0.1) is 5.69 Å². The van der Waals surface area contributed by atoms with E-state index in [1.54, 1.807) is 6.08 Å². The summed E-state index contributed by atoms with van der Waals surface area (Å²) in [6.45, 7) is 8.40. The molecule has 0 saturated carbocycles. The predicted molar refractivity (Wildman–Crippen MR) is 69.0 cm³/mol. The molecule has 17 heavy (non-hydrogen) atoms. The minimum absolute atomic E-state index is 0.640. The fourth-order valence-electron chi connectivity index (χ4n) is 1.83. The smallest absolute Gasteiger partial charge is 0.169 e. The van der Waals surface area contributed by atoms with Crippen molar-refractivity contribution >= 4 is 5.82 Å². The second kappa shape index (κ2) is 6.00. The molecule has 0 atom stereocenters. The first-order chi connectivity index (χ1) is 8.19. The van der Waals surface area contributed by atoms with Crippen LogP contribution in [0.3, 0.4) is 0 Å². The first kappa shape index (κ1) is 13.2. The zero-order chi connectivity index (χ0) is 12.8. The SMILES string of the molecule is C=CCN(C)c1nnc(CC)c(CC)c1C#N. The van der Waals surface area contributed by atoms with Crippen LogP contribution < -0.4 is 4.90 Å². The van der Waals surface area contributed by atoms with E-state index in [0.717, 1.165) is 24.1 Å². The van der Waals surface area contributed by atoms with Crippen LogP contribution in [0.2, 0.25) is 0 Å². The van der Waals surface area contributed by atoms with Crippen LogP contribution in [0.1, 0.15) is 30.7 Å². The van der Waals surface area contributed by atoms with Crippen molar-refractivity contribution in [1.29, 1.82) is 5.26 Å². The van der Waals surface area contributed by atoms with Crippen molar-refractivity contribution < 1.29 is 0 Å². The summed E-state index contributed by atoms with van der Waals surface area (Å²) in [6, 6.07) is 2.25. The molecule has 4 heteroatoms. The highest BCUT2D eigenvalue weighted by atomic mass is 15.2. The van der Waals surface area contributed by atoms with Gasteiger partial charge in [-0.05, 0) is 18.4 Å². The molecule has 0 aromatic carbocycles. The molecule has 0 N–H and O–H groups in total. The van der Waals surface area contributed by atoms with Crippen molar-refractivity contribution in [2.75, 3.05) is 18.5 Å². The van der Waals surface area contributed by atoms with Crippen LogP contribution in [0.4, 0.5) is 5.82 Å². The summed E-state index contributed by atoms with van der Waals surface area (Å²) in [5, 5.41) is 17.7. The van der Waals surface area contributed by atoms with Crippen LogP contribution in [-0.4, -0.2) is 23.8 Å². The van der Waals surface area contributed by atoms with E-state index in [2.05, 4.69) is 22.8 Å². The molecule has 1 aromatic heterocycles. The first-order valence-corrected chi connectivity index (χ1v) is 5.80. The molecular formula is C13H18N4. The second-order valence-corrected chi connectivity index (χ2v) is 3.81. The fraction of sp³-hybridized carbons (Fsp3) is 0.462. The Hall–Kier alpha value is -1.89. The van der Waals surface area contributed by atoms with E-state index in [9.17, 15) is 5.26 Å². The average molecular weight is 230 g/mol. The van der Waals surface area contributed by atoms with Gasteiger partial charge in [-0.15, -0.1) is 11.7 Å². The molecule has 0 aliphatic carbocycles. The van der Waals surface area contributed by atoms with Crippen molar-refractivity contribution in [3.05, 3.63) is 29.5 Å². The summed E-state index contributed by atoms with van der Waals surface area (Å²) >= 11 is 0. The van der Waals surface area contributed by atoms with Crippen LogP contribution in [0.15, 0.2) is 12.7 Å². The third-order valence-corrected chi connectivity index (χ3v) is 2.70. The molecule has 0 saturated heterocycles. The minimum atomic E-state index is 0.640. The lowest BCUT2D eigenvalue weighted by Gasteiger charge is -2.18. The zero-order valence-corrected chi connectivity index (χ0v) is 10.7. The summed E-state index contributed by atoms with van der Waals surface area (Å²) in [5.74, 6) is 0.640. The predicted octanol–water partition coefficient (Wildman–Crippen LogP) is 2.10. The van der Waals surface area contributed by atoms with Gasteiger partial charge in [-0.25, -0.2) is 0 Å². The Morgan fingerprint density at radius 2 is 2.06 bits per heavy atom. The van der Waals surface area contributed by atoms with Gasteiger partial charge in [0.2, 0.25) is 0 Å². The van der Waals surface area contributed by atoms with Gasteiger partial charge in [-0.3, -0.25) is 0 Å². The lowest BCUT2D eigenvalue weighted by Crippen LogP contribution is -2.21. The Morgan fingerprint density at radius 3 is 2.53 bits per heavy atom. The van der Waals surface area contributed by atoms with Gasteiger partial charge in [0.15, 0.2) is 5.82 Å². The quantitative estimate of drug-likeness (QED) is 0.727. The Bertz CT molecular complexity index is 445. The number of aromatic nitrogens is 2. The van der Waals surface area contributed by atoms with E-state index in [-0.39, 0.29) is 0 Å². The molecule has 4 nitrogen and oxygen atoms in total. The number of aryl methyl sites for hydroxylation is 1. The van der Waals surface area contributed by atoms with Crippen molar-refractivity contribution in [2.24, 2.45) is 0 Å². The standard InChI is InChI=1S/C13H18N4/c1-5-8-17(4)13-11(9-14)10(6-2)12(7-3)15-16-13/h5H,1,6-8H2,2-4H3. The highest BCUT2D eigenvalue weighted by Crippen LogP contribution is 2.22. The molecular weight excluding hydrogens is 212 g/mol. The Morgan fingerprint density at radius 1 is 1.35 bits per heavy atom. The summed E-state index contributed by atoms with van der Waals surface area (Å²) in [4.78, 5) is 1.89. The minimum Gasteiger partial charge on any atom is -0.353 e. The topological polar surface area (TPSA) is 52.8 Å².